The fourth-order valence-corrected chi connectivity index (χ4v) is 5.95. The average Bonchev–Trinajstić information content (AvgIpc) is 3.23. The van der Waals surface area contributed by atoms with Crippen LogP contribution < -0.4 is 9.47 Å². The van der Waals surface area contributed by atoms with Gasteiger partial charge in [0.05, 0.1) is 30.1 Å². The van der Waals surface area contributed by atoms with Gasteiger partial charge < -0.3 is 9.47 Å². The summed E-state index contributed by atoms with van der Waals surface area (Å²) in [6.45, 7) is 0.512. The molecule has 0 saturated carbocycles. The number of fused-ring (bicyclic) bond motifs is 1. The molecule has 1 heterocycles. The number of nitrogens with zero attached hydrogens (tertiary/aromatic N) is 2. The Morgan fingerprint density at radius 1 is 0.975 bits per heavy atom. The first kappa shape index (κ1) is 27.3. The summed E-state index contributed by atoms with van der Waals surface area (Å²) >= 11 is 2.58. The second-order valence-corrected chi connectivity index (χ2v) is 10.9. The molecule has 4 aromatic rings. The molecule has 0 unspecified atom stereocenters. The third-order valence-electron chi connectivity index (χ3n) is 6.19. The van der Waals surface area contributed by atoms with E-state index in [1.807, 2.05) is 12.1 Å². The molecular weight excluding hydrogens is 548 g/mol. The summed E-state index contributed by atoms with van der Waals surface area (Å²) in [5.41, 5.74) is 1.26. The molecule has 1 saturated heterocycles. The van der Waals surface area contributed by atoms with Crippen LogP contribution in [-0.4, -0.2) is 40.4 Å². The second kappa shape index (κ2) is 12.3. The Morgan fingerprint density at radius 3 is 2.52 bits per heavy atom. The van der Waals surface area contributed by atoms with Gasteiger partial charge in [-0.3, -0.25) is 24.6 Å². The minimum Gasteiger partial charge on any atom is -0.493 e. The SMILES string of the molecule is COc1cc(/C=C2\SC(=O)N(Cc3ccc([N+](=O)[O-])cc3)C2=O)ccc1OCCSc1cccc2ccccc12. The van der Waals surface area contributed by atoms with Gasteiger partial charge in [0.2, 0.25) is 0 Å². The van der Waals surface area contributed by atoms with Gasteiger partial charge in [0.25, 0.3) is 16.8 Å². The maximum atomic E-state index is 12.9. The molecule has 0 N–H and O–H groups in total. The molecule has 4 aromatic carbocycles. The molecule has 40 heavy (non-hydrogen) atoms. The van der Waals surface area contributed by atoms with Crippen LogP contribution >= 0.6 is 23.5 Å². The van der Waals surface area contributed by atoms with Crippen molar-refractivity contribution >= 4 is 57.2 Å². The van der Waals surface area contributed by atoms with Crippen molar-refractivity contribution in [2.75, 3.05) is 19.5 Å². The van der Waals surface area contributed by atoms with Gasteiger partial charge in [0.15, 0.2) is 11.5 Å². The van der Waals surface area contributed by atoms with Gasteiger partial charge in [-0.15, -0.1) is 11.8 Å². The normalized spacial score (nSPS) is 14.2. The topological polar surface area (TPSA) is 99.0 Å². The van der Waals surface area contributed by atoms with Crippen LogP contribution in [0, 0.1) is 10.1 Å². The molecule has 10 heteroatoms. The number of rotatable bonds is 10. The molecule has 8 nitrogen and oxygen atoms in total. The first-order valence-electron chi connectivity index (χ1n) is 12.3. The van der Waals surface area contributed by atoms with E-state index in [-0.39, 0.29) is 17.1 Å². The predicted molar refractivity (Wildman–Crippen MR) is 158 cm³/mol. The largest absolute Gasteiger partial charge is 0.493 e. The van der Waals surface area contributed by atoms with Crippen molar-refractivity contribution in [3.63, 3.8) is 0 Å². The third-order valence-corrected chi connectivity index (χ3v) is 8.14. The summed E-state index contributed by atoms with van der Waals surface area (Å²) in [4.78, 5) is 38.5. The number of benzene rings is 4. The van der Waals surface area contributed by atoms with Crippen LogP contribution in [0.1, 0.15) is 11.1 Å². The van der Waals surface area contributed by atoms with E-state index in [0.717, 1.165) is 22.4 Å². The van der Waals surface area contributed by atoms with Crippen molar-refractivity contribution in [1.82, 2.24) is 4.90 Å². The summed E-state index contributed by atoms with van der Waals surface area (Å²) in [7, 11) is 1.55. The van der Waals surface area contributed by atoms with Gasteiger partial charge in [-0.1, -0.05) is 54.6 Å². The maximum Gasteiger partial charge on any atom is 0.293 e. The van der Waals surface area contributed by atoms with Gasteiger partial charge in [-0.25, -0.2) is 0 Å². The molecule has 1 fully saturated rings. The summed E-state index contributed by atoms with van der Waals surface area (Å²) in [5.74, 6) is 1.44. The first-order valence-corrected chi connectivity index (χ1v) is 14.1. The number of non-ortho nitro benzene ring substituents is 1. The van der Waals surface area contributed by atoms with Crippen molar-refractivity contribution in [1.29, 1.82) is 0 Å². The molecule has 0 aliphatic carbocycles. The Kier molecular flexibility index (Phi) is 8.37. The van der Waals surface area contributed by atoms with Gasteiger partial charge >= 0.3 is 0 Å². The monoisotopic (exact) mass is 572 g/mol. The van der Waals surface area contributed by atoms with E-state index in [2.05, 4.69) is 30.3 Å². The van der Waals surface area contributed by atoms with E-state index in [9.17, 15) is 19.7 Å². The summed E-state index contributed by atoms with van der Waals surface area (Å²) in [6, 6.07) is 25.7. The van der Waals surface area contributed by atoms with E-state index >= 15 is 0 Å². The second-order valence-electron chi connectivity index (χ2n) is 8.78. The molecule has 0 aromatic heterocycles. The zero-order valence-corrected chi connectivity index (χ0v) is 23.1. The van der Waals surface area contributed by atoms with Crippen LogP contribution in [0.4, 0.5) is 10.5 Å². The van der Waals surface area contributed by atoms with E-state index in [4.69, 9.17) is 9.47 Å². The zero-order chi connectivity index (χ0) is 28.1. The summed E-state index contributed by atoms with van der Waals surface area (Å²) in [5, 5.41) is 12.9. The smallest absolute Gasteiger partial charge is 0.293 e. The molecule has 1 aliphatic rings. The fourth-order valence-electron chi connectivity index (χ4n) is 4.21. The number of hydrogen-bond donors (Lipinski definition) is 0. The highest BCUT2D eigenvalue weighted by molar-refractivity contribution is 8.18. The molecule has 2 amide bonds. The van der Waals surface area contributed by atoms with Crippen LogP contribution in [0.15, 0.2) is 94.7 Å². The van der Waals surface area contributed by atoms with Gasteiger partial charge in [0.1, 0.15) is 0 Å². The number of nitro groups is 1. The highest BCUT2D eigenvalue weighted by Crippen LogP contribution is 2.36. The number of carbonyl (C=O) groups is 2. The number of hydrogen-bond acceptors (Lipinski definition) is 8. The molecule has 0 atom stereocenters. The van der Waals surface area contributed by atoms with Crippen molar-refractivity contribution < 1.29 is 24.0 Å². The van der Waals surface area contributed by atoms with Gasteiger partial charge in [0, 0.05) is 22.8 Å². The van der Waals surface area contributed by atoms with E-state index in [0.29, 0.717) is 29.2 Å². The summed E-state index contributed by atoms with van der Waals surface area (Å²) < 4.78 is 11.5. The Balaban J connectivity index is 1.21. The number of imide groups is 1. The van der Waals surface area contributed by atoms with Crippen LogP contribution in [-0.2, 0) is 11.3 Å². The van der Waals surface area contributed by atoms with Gasteiger partial charge in [-0.2, -0.15) is 0 Å². The lowest BCUT2D eigenvalue weighted by atomic mass is 10.1. The average molecular weight is 573 g/mol. The molecule has 5 rings (SSSR count). The number of amides is 2. The Morgan fingerprint density at radius 2 is 1.75 bits per heavy atom. The number of thioether (sulfide) groups is 2. The highest BCUT2D eigenvalue weighted by atomic mass is 32.2. The molecule has 1 aliphatic heterocycles. The fraction of sp³-hybridized carbons (Fsp3) is 0.133. The van der Waals surface area contributed by atoms with Crippen LogP contribution in [0.25, 0.3) is 16.8 Å². The Bertz CT molecular complexity index is 1620. The van der Waals surface area contributed by atoms with Crippen molar-refractivity contribution in [2.24, 2.45) is 0 Å². The standard InChI is InChI=1S/C30H24N2O6S2/c1-37-26-17-21(11-14-25(26)38-15-16-39-27-8-4-6-22-5-2-3-7-24(22)27)18-28-29(33)31(30(34)40-28)19-20-9-12-23(13-10-20)32(35)36/h2-14,17-18H,15-16,19H2,1H3/b28-18-. The maximum absolute atomic E-state index is 12.9. The molecule has 0 radical (unpaired) electrons. The van der Waals surface area contributed by atoms with Crippen LogP contribution in [0.3, 0.4) is 0 Å². The lowest BCUT2D eigenvalue weighted by molar-refractivity contribution is -0.384. The number of ether oxygens (including phenoxy) is 2. The van der Waals surface area contributed by atoms with E-state index in [1.165, 1.54) is 39.9 Å². The minimum absolute atomic E-state index is 0.0346. The Hall–Kier alpha value is -4.28. The lowest BCUT2D eigenvalue weighted by Crippen LogP contribution is -2.27. The minimum atomic E-state index is -0.497. The van der Waals surface area contributed by atoms with Crippen molar-refractivity contribution in [3.05, 3.63) is 111 Å². The molecule has 0 spiro atoms. The van der Waals surface area contributed by atoms with Gasteiger partial charge in [-0.05, 0) is 57.9 Å². The third kappa shape index (κ3) is 6.13. The number of nitro benzene ring substituents is 1. The van der Waals surface area contributed by atoms with Crippen molar-refractivity contribution in [2.45, 2.75) is 11.4 Å². The number of carbonyl (C=O) groups excluding carboxylic acids is 2. The van der Waals surface area contributed by atoms with Crippen LogP contribution in [0.5, 0.6) is 11.5 Å². The van der Waals surface area contributed by atoms with E-state index < -0.39 is 16.1 Å². The Labute approximate surface area is 239 Å². The van der Waals surface area contributed by atoms with Crippen molar-refractivity contribution in [3.8, 4) is 11.5 Å². The summed E-state index contributed by atoms with van der Waals surface area (Å²) in [6.07, 6.45) is 1.64. The van der Waals surface area contributed by atoms with Crippen LogP contribution in [0.2, 0.25) is 0 Å². The molecule has 202 valence electrons. The predicted octanol–water partition coefficient (Wildman–Crippen LogP) is 7.16. The number of methoxy groups -OCH3 is 1. The highest BCUT2D eigenvalue weighted by Gasteiger charge is 2.35. The quantitative estimate of drug-likeness (QED) is 0.0649. The lowest BCUT2D eigenvalue weighted by Gasteiger charge is -2.12. The zero-order valence-electron chi connectivity index (χ0n) is 21.4. The van der Waals surface area contributed by atoms with E-state index in [1.54, 1.807) is 43.1 Å². The first-order chi connectivity index (χ1) is 19.4. The molecular formula is C30H24N2O6S2. The molecule has 0 bridgehead atoms.